The molecule has 1 fully saturated rings. The van der Waals surface area contributed by atoms with E-state index in [1.165, 1.54) is 24.9 Å². The Bertz CT molecular complexity index is 322. The zero-order valence-corrected chi connectivity index (χ0v) is 9.92. The van der Waals surface area contributed by atoms with Crippen LogP contribution in [0.2, 0.25) is 0 Å². The van der Waals surface area contributed by atoms with Crippen molar-refractivity contribution in [3.8, 4) is 0 Å². The van der Waals surface area contributed by atoms with E-state index in [9.17, 15) is 4.39 Å². The Hall–Kier alpha value is -0.740. The highest BCUT2D eigenvalue weighted by Gasteiger charge is 2.11. The van der Waals surface area contributed by atoms with E-state index in [1.54, 1.807) is 0 Å². The van der Waals surface area contributed by atoms with Crippen molar-refractivity contribution in [2.75, 3.05) is 18.0 Å². The molecule has 0 amide bonds. The number of aliphatic hydroxyl groups is 1. The number of thioether (sulfide) groups is 1. The molecule has 0 bridgehead atoms. The quantitative estimate of drug-likeness (QED) is 0.650. The van der Waals surface area contributed by atoms with E-state index in [0.717, 1.165) is 29.7 Å². The molecule has 1 aromatic rings. The van der Waals surface area contributed by atoms with Crippen LogP contribution < -0.4 is 4.90 Å². The van der Waals surface area contributed by atoms with Gasteiger partial charge in [-0.15, -0.1) is 0 Å². The van der Waals surface area contributed by atoms with Gasteiger partial charge in [0, 0.05) is 23.7 Å². The molecule has 0 saturated carbocycles. The van der Waals surface area contributed by atoms with Crippen molar-refractivity contribution >= 4 is 17.4 Å². The lowest BCUT2D eigenvalue weighted by atomic mass is 10.1. The predicted molar refractivity (Wildman–Crippen MR) is 65.5 cm³/mol. The van der Waals surface area contributed by atoms with Crippen molar-refractivity contribution in [1.29, 1.82) is 0 Å². The van der Waals surface area contributed by atoms with Gasteiger partial charge in [-0.25, -0.2) is 4.39 Å². The monoisotopic (exact) mass is 241 g/mol. The summed E-state index contributed by atoms with van der Waals surface area (Å²) in [7, 11) is 0. The van der Waals surface area contributed by atoms with Crippen LogP contribution in [0, 0.1) is 0 Å². The second-order valence-electron chi connectivity index (χ2n) is 3.95. The molecule has 1 aromatic carbocycles. The summed E-state index contributed by atoms with van der Waals surface area (Å²) in [4.78, 5) is 3.11. The molecule has 88 valence electrons. The molecule has 16 heavy (non-hydrogen) atoms. The van der Waals surface area contributed by atoms with Crippen LogP contribution in [-0.2, 0) is 0 Å². The van der Waals surface area contributed by atoms with Crippen LogP contribution >= 0.6 is 11.8 Å². The van der Waals surface area contributed by atoms with E-state index >= 15 is 0 Å². The number of anilines is 1. The Morgan fingerprint density at radius 3 is 2.31 bits per heavy atom. The average molecular weight is 241 g/mol. The summed E-state index contributed by atoms with van der Waals surface area (Å²) in [6.45, 7) is 2.22. The van der Waals surface area contributed by atoms with E-state index in [-0.39, 0.29) is 0 Å². The molecule has 1 saturated heterocycles. The van der Waals surface area contributed by atoms with Crippen molar-refractivity contribution in [3.05, 3.63) is 24.3 Å². The molecule has 2 nitrogen and oxygen atoms in total. The third kappa shape index (κ3) is 3.12. The first kappa shape index (κ1) is 11.7. The Balaban J connectivity index is 2.00. The van der Waals surface area contributed by atoms with Gasteiger partial charge in [0.1, 0.15) is 0 Å². The molecule has 4 heteroatoms. The lowest BCUT2D eigenvalue weighted by Crippen LogP contribution is -2.29. The van der Waals surface area contributed by atoms with Crippen molar-refractivity contribution < 1.29 is 9.50 Å². The topological polar surface area (TPSA) is 23.5 Å². The van der Waals surface area contributed by atoms with Gasteiger partial charge in [0.05, 0.1) is 0 Å². The van der Waals surface area contributed by atoms with Gasteiger partial charge in [0.25, 0.3) is 0 Å². The average Bonchev–Trinajstić information content (AvgIpc) is 2.30. The van der Waals surface area contributed by atoms with Crippen LogP contribution in [0.15, 0.2) is 29.2 Å². The van der Waals surface area contributed by atoms with E-state index < -0.39 is 5.69 Å². The fourth-order valence-corrected chi connectivity index (χ4v) is 2.52. The highest BCUT2D eigenvalue weighted by Crippen LogP contribution is 2.26. The minimum atomic E-state index is -1.83. The van der Waals surface area contributed by atoms with Crippen molar-refractivity contribution in [2.24, 2.45) is 0 Å². The van der Waals surface area contributed by atoms with E-state index in [4.69, 9.17) is 5.11 Å². The smallest absolute Gasteiger partial charge is 0.249 e. The van der Waals surface area contributed by atoms with Crippen LogP contribution in [0.1, 0.15) is 19.3 Å². The van der Waals surface area contributed by atoms with Gasteiger partial charge in [-0.1, -0.05) is 11.8 Å². The number of halogens is 1. The summed E-state index contributed by atoms with van der Waals surface area (Å²) in [5.74, 6) is 0. The summed E-state index contributed by atoms with van der Waals surface area (Å²) in [5.41, 5.74) is -0.641. The molecule has 0 spiro atoms. The second-order valence-corrected chi connectivity index (χ2v) is 5.05. The number of benzene rings is 1. The highest BCUT2D eigenvalue weighted by atomic mass is 32.2. The van der Waals surface area contributed by atoms with Gasteiger partial charge in [-0.3, -0.25) is 0 Å². The summed E-state index contributed by atoms with van der Waals surface area (Å²) in [6.07, 6.45) is 3.82. The SMILES string of the molecule is OC(F)Sc1ccc(N2CCCCC2)cc1. The van der Waals surface area contributed by atoms with Gasteiger partial charge in [-0.05, 0) is 43.5 Å². The van der Waals surface area contributed by atoms with Crippen LogP contribution in [0.4, 0.5) is 10.1 Å². The van der Waals surface area contributed by atoms with Crippen LogP contribution in [0.25, 0.3) is 0 Å². The molecular weight excluding hydrogens is 225 g/mol. The summed E-state index contributed by atoms with van der Waals surface area (Å²) in [6, 6.07) is 7.71. The van der Waals surface area contributed by atoms with E-state index in [1.807, 2.05) is 24.3 Å². The molecule has 1 atom stereocenters. The van der Waals surface area contributed by atoms with Gasteiger partial charge >= 0.3 is 0 Å². The number of aliphatic hydroxyl groups excluding tert-OH is 1. The second kappa shape index (κ2) is 5.55. The Morgan fingerprint density at radius 1 is 1.12 bits per heavy atom. The zero-order chi connectivity index (χ0) is 11.4. The van der Waals surface area contributed by atoms with Gasteiger partial charge in [-0.2, -0.15) is 0 Å². The number of nitrogens with zero attached hydrogens (tertiary/aromatic N) is 1. The fraction of sp³-hybridized carbons (Fsp3) is 0.500. The summed E-state index contributed by atoms with van der Waals surface area (Å²) >= 11 is 0.824. The molecule has 0 radical (unpaired) electrons. The van der Waals surface area contributed by atoms with Gasteiger partial charge < -0.3 is 10.0 Å². The molecule has 1 aliphatic rings. The normalized spacial score (nSPS) is 18.5. The van der Waals surface area contributed by atoms with Crippen molar-refractivity contribution in [1.82, 2.24) is 0 Å². The third-order valence-electron chi connectivity index (χ3n) is 2.79. The Labute approximate surface area is 99.5 Å². The first-order chi connectivity index (χ1) is 7.75. The van der Waals surface area contributed by atoms with Crippen LogP contribution in [0.3, 0.4) is 0 Å². The number of rotatable bonds is 3. The molecule has 2 rings (SSSR count). The fourth-order valence-electron chi connectivity index (χ4n) is 2.00. The number of hydrogen-bond acceptors (Lipinski definition) is 3. The first-order valence-corrected chi connectivity index (χ1v) is 6.47. The summed E-state index contributed by atoms with van der Waals surface area (Å²) in [5, 5.41) is 8.61. The maximum atomic E-state index is 12.4. The van der Waals surface area contributed by atoms with Crippen molar-refractivity contribution in [3.63, 3.8) is 0 Å². The lowest BCUT2D eigenvalue weighted by Gasteiger charge is -2.28. The maximum Gasteiger partial charge on any atom is 0.249 e. The molecule has 1 N–H and O–H groups in total. The highest BCUT2D eigenvalue weighted by molar-refractivity contribution is 7.99. The van der Waals surface area contributed by atoms with Gasteiger partial charge in [0.15, 0.2) is 0 Å². The largest absolute Gasteiger partial charge is 0.372 e. The molecule has 1 heterocycles. The third-order valence-corrected chi connectivity index (χ3v) is 3.53. The zero-order valence-electron chi connectivity index (χ0n) is 9.10. The molecule has 1 aliphatic heterocycles. The van der Waals surface area contributed by atoms with Crippen LogP contribution in [0.5, 0.6) is 0 Å². The van der Waals surface area contributed by atoms with E-state index in [2.05, 4.69) is 4.90 Å². The van der Waals surface area contributed by atoms with E-state index in [0.29, 0.717) is 0 Å². The molecule has 0 aromatic heterocycles. The maximum absolute atomic E-state index is 12.4. The minimum absolute atomic E-state index is 0.760. The number of alkyl halides is 1. The Kier molecular flexibility index (Phi) is 4.07. The minimum Gasteiger partial charge on any atom is -0.372 e. The molecule has 0 aliphatic carbocycles. The lowest BCUT2D eigenvalue weighted by molar-refractivity contribution is 0.129. The summed E-state index contributed by atoms with van der Waals surface area (Å²) < 4.78 is 12.4. The standard InChI is InChI=1S/C12H16FNOS/c13-12(15)16-11-6-4-10(5-7-11)14-8-2-1-3-9-14/h4-7,12,15H,1-3,8-9H2. The Morgan fingerprint density at radius 2 is 1.75 bits per heavy atom. The van der Waals surface area contributed by atoms with Gasteiger partial charge in [0.2, 0.25) is 5.69 Å². The predicted octanol–water partition coefficient (Wildman–Crippen LogP) is 3.01. The molecule has 1 unspecified atom stereocenters. The first-order valence-electron chi connectivity index (χ1n) is 5.59. The number of piperidine rings is 1. The van der Waals surface area contributed by atoms with Crippen molar-refractivity contribution in [2.45, 2.75) is 29.8 Å². The number of hydrogen-bond donors (Lipinski definition) is 1. The van der Waals surface area contributed by atoms with Crippen LogP contribution in [-0.4, -0.2) is 23.9 Å². The molecular formula is C12H16FNOS.